The van der Waals surface area contributed by atoms with Crippen molar-refractivity contribution in [2.24, 2.45) is 12.0 Å². The van der Waals surface area contributed by atoms with Crippen LogP contribution < -0.4 is 15.4 Å². The van der Waals surface area contributed by atoms with Crippen molar-refractivity contribution in [3.05, 3.63) is 47.3 Å². The van der Waals surface area contributed by atoms with E-state index in [9.17, 15) is 10.1 Å². The fourth-order valence-corrected chi connectivity index (χ4v) is 5.11. The maximum Gasteiger partial charge on any atom is 0.412 e. The topological polar surface area (TPSA) is 153 Å². The lowest BCUT2D eigenvalue weighted by Gasteiger charge is -2.37. The number of methoxy groups -OCH3 is 1. The molecule has 0 bridgehead atoms. The third-order valence-electron chi connectivity index (χ3n) is 7.36. The zero-order valence-electron chi connectivity index (χ0n) is 22.7. The second-order valence-electron chi connectivity index (χ2n) is 9.66. The summed E-state index contributed by atoms with van der Waals surface area (Å²) in [5.74, 6) is 1.85. The number of nitrogens with zero attached hydrogens (tertiary/aromatic N) is 7. The molecule has 2 N–H and O–H groups in total. The van der Waals surface area contributed by atoms with Gasteiger partial charge in [-0.15, -0.1) is 0 Å². The van der Waals surface area contributed by atoms with Crippen molar-refractivity contribution in [2.45, 2.75) is 44.6 Å². The van der Waals surface area contributed by atoms with Gasteiger partial charge in [0.25, 0.3) is 0 Å². The lowest BCUT2D eigenvalue weighted by Crippen LogP contribution is -2.31. The summed E-state index contributed by atoms with van der Waals surface area (Å²) >= 11 is 0. The maximum atomic E-state index is 12.0. The molecule has 0 aromatic carbocycles. The highest BCUT2D eigenvalue weighted by atomic mass is 16.6. The van der Waals surface area contributed by atoms with E-state index in [1.807, 2.05) is 0 Å². The number of amides is 1. The number of imidazole rings is 1. The molecular weight excluding hydrogens is 514 g/mol. The molecule has 0 atom stereocenters. The number of hydrogen-bond acceptors (Lipinski definition) is 10. The molecule has 1 saturated carbocycles. The molecule has 1 spiro atoms. The quantitative estimate of drug-likeness (QED) is 0.168. The smallest absolute Gasteiger partial charge is 0.412 e. The number of aryl methyl sites for hydroxylation is 2. The first-order valence-electron chi connectivity index (χ1n) is 13.0. The van der Waals surface area contributed by atoms with Crippen molar-refractivity contribution in [1.29, 1.82) is 5.26 Å². The lowest BCUT2D eigenvalue weighted by atomic mass is 9.66. The van der Waals surface area contributed by atoms with Gasteiger partial charge in [-0.25, -0.2) is 14.8 Å². The van der Waals surface area contributed by atoms with Gasteiger partial charge in [0.15, 0.2) is 17.2 Å². The monoisotopic (exact) mass is 545 g/mol. The van der Waals surface area contributed by atoms with Crippen LogP contribution in [0.4, 0.5) is 16.6 Å². The Balaban J connectivity index is 1.36. The number of carbonyl (C=O) groups is 1. The SMILES string of the molecule is C=N/C(=C\C(=C/C)Oc1cnc2nc(Nc3cc4n(n3)CCC43CCC3)n(C)c2c1C#N)NC(=O)OCCOC. The number of nitriles is 1. The van der Waals surface area contributed by atoms with Crippen LogP contribution in [-0.4, -0.2) is 57.4 Å². The van der Waals surface area contributed by atoms with E-state index in [1.165, 1.54) is 44.3 Å². The van der Waals surface area contributed by atoms with Gasteiger partial charge < -0.3 is 24.1 Å². The minimum atomic E-state index is -0.715. The first kappa shape index (κ1) is 26.9. The number of ether oxygens (including phenoxy) is 3. The van der Waals surface area contributed by atoms with Crippen molar-refractivity contribution in [3.8, 4) is 11.8 Å². The molecule has 0 unspecified atom stereocenters. The van der Waals surface area contributed by atoms with Gasteiger partial charge in [0.1, 0.15) is 35.3 Å². The van der Waals surface area contributed by atoms with Crippen LogP contribution in [-0.2, 0) is 28.5 Å². The summed E-state index contributed by atoms with van der Waals surface area (Å²) in [6, 6.07) is 4.32. The summed E-state index contributed by atoms with van der Waals surface area (Å²) in [6.07, 6.45) is 8.68. The standard InChI is InChI=1S/C27H31N9O4/c1-5-17(13-21(29-2)32-26(37)39-12-11-38-4)40-19-16-30-24-23(18(19)15-28)35(3)25(33-24)31-22-14-20-27(7-6-8-27)9-10-36(20)34-22/h5,13-14,16H,2,6-12H2,1,3-4H3,(H,32,37)(H,30,31,33,34)/b17-5+,21-13+. The first-order chi connectivity index (χ1) is 19.4. The fraction of sp³-hybridized carbons (Fsp3) is 0.407. The van der Waals surface area contributed by atoms with Gasteiger partial charge >= 0.3 is 6.09 Å². The number of rotatable bonds is 10. The zero-order chi connectivity index (χ0) is 28.3. The molecule has 4 heterocycles. The average Bonchev–Trinajstić information content (AvgIpc) is 3.59. The minimum absolute atomic E-state index is 0.0856. The van der Waals surface area contributed by atoms with Crippen LogP contribution in [0.5, 0.6) is 5.75 Å². The van der Waals surface area contributed by atoms with Gasteiger partial charge in [0.2, 0.25) is 5.95 Å². The molecule has 40 heavy (non-hydrogen) atoms. The lowest BCUT2D eigenvalue weighted by molar-refractivity contribution is 0.100. The molecular formula is C27H31N9O4. The number of nitrogens with one attached hydrogen (secondary N) is 2. The van der Waals surface area contributed by atoms with Gasteiger partial charge in [0, 0.05) is 44.0 Å². The summed E-state index contributed by atoms with van der Waals surface area (Å²) in [5.41, 5.74) is 2.71. The Hall–Kier alpha value is -4.70. The van der Waals surface area contributed by atoms with Crippen molar-refractivity contribution in [3.63, 3.8) is 0 Å². The molecule has 13 heteroatoms. The number of hydrogen-bond donors (Lipinski definition) is 2. The van der Waals surface area contributed by atoms with Crippen molar-refractivity contribution in [2.75, 3.05) is 25.6 Å². The Bertz CT molecular complexity index is 1560. The number of alkyl carbamates (subject to hydrolysis) is 1. The Kier molecular flexibility index (Phi) is 7.52. The number of allylic oxidation sites excluding steroid dienone is 2. The van der Waals surface area contributed by atoms with Crippen molar-refractivity contribution >= 4 is 35.7 Å². The van der Waals surface area contributed by atoms with Crippen LogP contribution in [0.2, 0.25) is 0 Å². The van der Waals surface area contributed by atoms with Crippen LogP contribution in [0.3, 0.4) is 0 Å². The Labute approximate surface area is 231 Å². The number of aromatic nitrogens is 5. The first-order valence-corrected chi connectivity index (χ1v) is 13.0. The van der Waals surface area contributed by atoms with Crippen LogP contribution in [0.25, 0.3) is 11.2 Å². The summed E-state index contributed by atoms with van der Waals surface area (Å²) in [6.45, 7) is 6.49. The van der Waals surface area contributed by atoms with Gasteiger partial charge in [-0.3, -0.25) is 10.00 Å². The van der Waals surface area contributed by atoms with Gasteiger partial charge in [-0.05, 0) is 39.0 Å². The third kappa shape index (κ3) is 5.01. The van der Waals surface area contributed by atoms with Gasteiger partial charge in [0.05, 0.1) is 12.8 Å². The number of anilines is 2. The van der Waals surface area contributed by atoms with Gasteiger partial charge in [-0.1, -0.05) is 6.42 Å². The van der Waals surface area contributed by atoms with Gasteiger partial charge in [-0.2, -0.15) is 15.3 Å². The number of carbonyl (C=O) groups excluding carboxylic acids is 1. The van der Waals surface area contributed by atoms with E-state index in [1.54, 1.807) is 24.6 Å². The van der Waals surface area contributed by atoms with Crippen molar-refractivity contribution < 1.29 is 19.0 Å². The Morgan fingerprint density at radius 2 is 2.17 bits per heavy atom. The van der Waals surface area contributed by atoms with E-state index in [2.05, 4.69) is 49.1 Å². The highest BCUT2D eigenvalue weighted by molar-refractivity contribution is 5.84. The second kappa shape index (κ2) is 11.2. The molecule has 13 nitrogen and oxygen atoms in total. The Morgan fingerprint density at radius 3 is 2.85 bits per heavy atom. The zero-order valence-corrected chi connectivity index (χ0v) is 22.7. The summed E-state index contributed by atoms with van der Waals surface area (Å²) in [7, 11) is 3.31. The second-order valence-corrected chi connectivity index (χ2v) is 9.66. The largest absolute Gasteiger partial charge is 0.454 e. The number of fused-ring (bicyclic) bond motifs is 3. The molecule has 3 aromatic rings. The van der Waals surface area contributed by atoms with Crippen LogP contribution in [0, 0.1) is 11.3 Å². The van der Waals surface area contributed by atoms with E-state index in [4.69, 9.17) is 19.3 Å². The summed E-state index contributed by atoms with van der Waals surface area (Å²) in [4.78, 5) is 24.8. The molecule has 3 aromatic heterocycles. The van der Waals surface area contributed by atoms with E-state index >= 15 is 0 Å². The molecule has 2 aliphatic rings. The summed E-state index contributed by atoms with van der Waals surface area (Å²) in [5, 5.41) is 20.6. The summed E-state index contributed by atoms with van der Waals surface area (Å²) < 4.78 is 19.7. The highest BCUT2D eigenvalue weighted by Crippen LogP contribution is 2.50. The molecule has 5 rings (SSSR count). The molecule has 1 aliphatic heterocycles. The van der Waals surface area contributed by atoms with Crippen molar-refractivity contribution in [1.82, 2.24) is 29.6 Å². The van der Waals surface area contributed by atoms with Crippen LogP contribution in [0.1, 0.15) is 43.9 Å². The molecule has 0 radical (unpaired) electrons. The van der Waals surface area contributed by atoms with Crippen LogP contribution >= 0.6 is 0 Å². The Morgan fingerprint density at radius 1 is 1.35 bits per heavy atom. The van der Waals surface area contributed by atoms with E-state index in [-0.39, 0.29) is 35.8 Å². The van der Waals surface area contributed by atoms with E-state index < -0.39 is 6.09 Å². The molecule has 208 valence electrons. The van der Waals surface area contributed by atoms with E-state index in [0.29, 0.717) is 28.7 Å². The molecule has 0 saturated heterocycles. The average molecular weight is 546 g/mol. The maximum absolute atomic E-state index is 12.0. The number of aliphatic imine (C=N–C) groups is 1. The minimum Gasteiger partial charge on any atom is -0.454 e. The predicted octanol–water partition coefficient (Wildman–Crippen LogP) is 3.80. The normalized spacial score (nSPS) is 15.8. The fourth-order valence-electron chi connectivity index (χ4n) is 5.11. The van der Waals surface area contributed by atoms with E-state index in [0.717, 1.165) is 13.0 Å². The predicted molar refractivity (Wildman–Crippen MR) is 147 cm³/mol. The third-order valence-corrected chi connectivity index (χ3v) is 7.36. The molecule has 1 aliphatic carbocycles. The highest BCUT2D eigenvalue weighted by Gasteiger charge is 2.45. The number of pyridine rings is 1. The molecule has 1 amide bonds. The molecule has 1 fully saturated rings. The van der Waals surface area contributed by atoms with Crippen LogP contribution in [0.15, 0.2) is 41.0 Å².